The average Bonchev–Trinajstić information content (AvgIpc) is 2.71. The molecule has 0 spiro atoms. The Labute approximate surface area is 168 Å². The molecule has 2 aromatic rings. The summed E-state index contributed by atoms with van der Waals surface area (Å²) in [6.07, 6.45) is 2.84. The standard InChI is InChI=1S/C21H22N4O4/c1-3-11-22-20(27)21(28)25-23-13-16-7-9-18(10-8-16)29-14-19(26)24-17-6-4-5-15(2)12-17/h3-10,12-13H,1,11,14H2,2H3,(H,22,27)(H,24,26)(H,25,28)/b23-13-. The minimum Gasteiger partial charge on any atom is -0.484 e. The number of nitrogens with one attached hydrogen (secondary N) is 3. The summed E-state index contributed by atoms with van der Waals surface area (Å²) in [6, 6.07) is 14.2. The molecule has 150 valence electrons. The monoisotopic (exact) mass is 394 g/mol. The van der Waals surface area contributed by atoms with Crippen LogP contribution in [0.25, 0.3) is 0 Å². The van der Waals surface area contributed by atoms with E-state index in [1.807, 2.05) is 25.1 Å². The number of rotatable bonds is 8. The van der Waals surface area contributed by atoms with Crippen LogP contribution in [0.4, 0.5) is 5.69 Å². The number of amides is 3. The minimum atomic E-state index is -0.873. The predicted molar refractivity (Wildman–Crippen MR) is 111 cm³/mol. The molecule has 0 heterocycles. The molecule has 2 rings (SSSR count). The molecule has 0 fully saturated rings. The van der Waals surface area contributed by atoms with Crippen molar-refractivity contribution in [2.45, 2.75) is 6.92 Å². The van der Waals surface area contributed by atoms with Gasteiger partial charge in [-0.05, 0) is 54.4 Å². The van der Waals surface area contributed by atoms with Crippen molar-refractivity contribution in [2.24, 2.45) is 5.10 Å². The fourth-order valence-corrected chi connectivity index (χ4v) is 2.18. The van der Waals surface area contributed by atoms with Crippen LogP contribution in [0.3, 0.4) is 0 Å². The molecule has 0 radical (unpaired) electrons. The maximum Gasteiger partial charge on any atom is 0.329 e. The molecule has 0 aliphatic rings. The lowest BCUT2D eigenvalue weighted by Crippen LogP contribution is -2.37. The predicted octanol–water partition coefficient (Wildman–Crippen LogP) is 1.76. The SMILES string of the molecule is C=CCNC(=O)C(=O)N/N=C\c1ccc(OCC(=O)Nc2cccc(C)c2)cc1. The summed E-state index contributed by atoms with van der Waals surface area (Å²) in [4.78, 5) is 34.8. The number of anilines is 1. The Morgan fingerprint density at radius 2 is 1.86 bits per heavy atom. The summed E-state index contributed by atoms with van der Waals surface area (Å²) < 4.78 is 5.45. The number of nitrogens with zero attached hydrogens (tertiary/aromatic N) is 1. The van der Waals surface area contributed by atoms with Crippen molar-refractivity contribution in [1.29, 1.82) is 0 Å². The Morgan fingerprint density at radius 3 is 2.55 bits per heavy atom. The summed E-state index contributed by atoms with van der Waals surface area (Å²) in [6.45, 7) is 5.45. The van der Waals surface area contributed by atoms with E-state index in [0.717, 1.165) is 5.56 Å². The molecule has 0 saturated carbocycles. The van der Waals surface area contributed by atoms with E-state index in [9.17, 15) is 14.4 Å². The van der Waals surface area contributed by atoms with Crippen molar-refractivity contribution in [2.75, 3.05) is 18.5 Å². The van der Waals surface area contributed by atoms with E-state index in [-0.39, 0.29) is 19.1 Å². The van der Waals surface area contributed by atoms with Crippen LogP contribution in [0.15, 0.2) is 66.3 Å². The highest BCUT2D eigenvalue weighted by molar-refractivity contribution is 6.35. The summed E-state index contributed by atoms with van der Waals surface area (Å²) in [5.41, 5.74) is 4.56. The van der Waals surface area contributed by atoms with Gasteiger partial charge in [0.25, 0.3) is 5.91 Å². The Bertz CT molecular complexity index is 907. The molecule has 0 aliphatic heterocycles. The molecule has 0 aromatic heterocycles. The first-order chi connectivity index (χ1) is 14.0. The number of carbonyl (C=O) groups is 3. The molecular formula is C21H22N4O4. The molecule has 0 saturated heterocycles. The molecule has 3 amide bonds. The van der Waals surface area contributed by atoms with Gasteiger partial charge in [0.15, 0.2) is 6.61 Å². The highest BCUT2D eigenvalue weighted by Crippen LogP contribution is 2.12. The fourth-order valence-electron chi connectivity index (χ4n) is 2.18. The topological polar surface area (TPSA) is 109 Å². The number of hydrogen-bond acceptors (Lipinski definition) is 5. The molecule has 0 aliphatic carbocycles. The van der Waals surface area contributed by atoms with Gasteiger partial charge < -0.3 is 15.4 Å². The van der Waals surface area contributed by atoms with Crippen molar-refractivity contribution in [3.05, 3.63) is 72.3 Å². The van der Waals surface area contributed by atoms with Crippen LogP contribution in [-0.2, 0) is 14.4 Å². The molecule has 8 nitrogen and oxygen atoms in total. The van der Waals surface area contributed by atoms with Gasteiger partial charge in [0.05, 0.1) is 6.21 Å². The fraction of sp³-hybridized carbons (Fsp3) is 0.143. The van der Waals surface area contributed by atoms with Crippen LogP contribution in [0.5, 0.6) is 5.75 Å². The summed E-state index contributed by atoms with van der Waals surface area (Å²) in [5.74, 6) is -1.43. The van der Waals surface area contributed by atoms with Gasteiger partial charge in [-0.1, -0.05) is 18.2 Å². The molecule has 0 bridgehead atoms. The normalized spacial score (nSPS) is 10.2. The maximum atomic E-state index is 12.0. The number of benzene rings is 2. The van der Waals surface area contributed by atoms with Crippen LogP contribution in [0.1, 0.15) is 11.1 Å². The van der Waals surface area contributed by atoms with Crippen molar-refractivity contribution in [3.8, 4) is 5.75 Å². The zero-order valence-electron chi connectivity index (χ0n) is 16.0. The summed E-state index contributed by atoms with van der Waals surface area (Å²) >= 11 is 0. The van der Waals surface area contributed by atoms with Gasteiger partial charge in [-0.15, -0.1) is 6.58 Å². The first kappa shape index (κ1) is 21.4. The quantitative estimate of drug-likeness (QED) is 0.274. The number of hydrogen-bond donors (Lipinski definition) is 3. The number of ether oxygens (including phenoxy) is 1. The first-order valence-electron chi connectivity index (χ1n) is 8.79. The van der Waals surface area contributed by atoms with E-state index in [1.165, 1.54) is 12.3 Å². The molecule has 8 heteroatoms. The second-order valence-electron chi connectivity index (χ2n) is 5.97. The van der Waals surface area contributed by atoms with Crippen LogP contribution in [0.2, 0.25) is 0 Å². The van der Waals surface area contributed by atoms with E-state index in [1.54, 1.807) is 30.3 Å². The first-order valence-corrected chi connectivity index (χ1v) is 8.79. The Kier molecular flexibility index (Phi) is 8.12. The van der Waals surface area contributed by atoms with Gasteiger partial charge in [-0.2, -0.15) is 5.10 Å². The average molecular weight is 394 g/mol. The third-order valence-corrected chi connectivity index (χ3v) is 3.54. The lowest BCUT2D eigenvalue weighted by atomic mass is 10.2. The molecule has 3 N–H and O–H groups in total. The Hall–Kier alpha value is -3.94. The van der Waals surface area contributed by atoms with E-state index in [4.69, 9.17) is 4.74 Å². The molecular weight excluding hydrogens is 372 g/mol. The van der Waals surface area contributed by atoms with Gasteiger partial charge in [0.2, 0.25) is 0 Å². The van der Waals surface area contributed by atoms with Crippen LogP contribution in [-0.4, -0.2) is 37.1 Å². The van der Waals surface area contributed by atoms with Gasteiger partial charge in [0.1, 0.15) is 5.75 Å². The van der Waals surface area contributed by atoms with Gasteiger partial charge in [0, 0.05) is 12.2 Å². The highest BCUT2D eigenvalue weighted by Gasteiger charge is 2.10. The van der Waals surface area contributed by atoms with Crippen molar-refractivity contribution in [3.63, 3.8) is 0 Å². The third kappa shape index (κ3) is 7.67. The van der Waals surface area contributed by atoms with E-state index >= 15 is 0 Å². The second-order valence-corrected chi connectivity index (χ2v) is 5.97. The number of aryl methyl sites for hydroxylation is 1. The van der Waals surface area contributed by atoms with E-state index in [2.05, 4.69) is 27.7 Å². The van der Waals surface area contributed by atoms with Gasteiger partial charge >= 0.3 is 11.8 Å². The second kappa shape index (κ2) is 11.0. The lowest BCUT2D eigenvalue weighted by Gasteiger charge is -2.08. The largest absolute Gasteiger partial charge is 0.484 e. The summed E-state index contributed by atoms with van der Waals surface area (Å²) in [5, 5.41) is 8.81. The van der Waals surface area contributed by atoms with Crippen LogP contribution in [0, 0.1) is 6.92 Å². The van der Waals surface area contributed by atoms with Crippen molar-refractivity contribution < 1.29 is 19.1 Å². The van der Waals surface area contributed by atoms with Crippen LogP contribution < -0.4 is 20.8 Å². The Morgan fingerprint density at radius 1 is 1.10 bits per heavy atom. The highest BCUT2D eigenvalue weighted by atomic mass is 16.5. The molecule has 0 unspecified atom stereocenters. The van der Waals surface area contributed by atoms with Gasteiger partial charge in [-0.25, -0.2) is 5.43 Å². The van der Waals surface area contributed by atoms with Crippen molar-refractivity contribution >= 4 is 29.6 Å². The lowest BCUT2D eigenvalue weighted by molar-refractivity contribution is -0.139. The summed E-state index contributed by atoms with van der Waals surface area (Å²) in [7, 11) is 0. The number of carbonyl (C=O) groups excluding carboxylic acids is 3. The zero-order valence-corrected chi connectivity index (χ0v) is 16.0. The third-order valence-electron chi connectivity index (χ3n) is 3.54. The number of hydrazone groups is 1. The molecule has 2 aromatic carbocycles. The van der Waals surface area contributed by atoms with Gasteiger partial charge in [-0.3, -0.25) is 14.4 Å². The molecule has 29 heavy (non-hydrogen) atoms. The molecule has 0 atom stereocenters. The minimum absolute atomic E-state index is 0.128. The zero-order chi connectivity index (χ0) is 21.1. The van der Waals surface area contributed by atoms with E-state index < -0.39 is 11.8 Å². The van der Waals surface area contributed by atoms with E-state index in [0.29, 0.717) is 17.0 Å². The maximum absolute atomic E-state index is 12.0. The smallest absolute Gasteiger partial charge is 0.329 e. The Balaban J connectivity index is 1.77. The van der Waals surface area contributed by atoms with Crippen molar-refractivity contribution in [1.82, 2.24) is 10.7 Å². The van der Waals surface area contributed by atoms with Crippen LogP contribution >= 0.6 is 0 Å².